The van der Waals surface area contributed by atoms with E-state index in [1.807, 2.05) is 34.7 Å². The number of likely N-dealkylation sites (N-methyl/N-ethyl adjacent to an activating group) is 1. The quantitative estimate of drug-likeness (QED) is 0.216. The fourth-order valence-electron chi connectivity index (χ4n) is 9.34. The molecule has 3 heterocycles. The lowest BCUT2D eigenvalue weighted by Crippen LogP contribution is -2.61. The number of ether oxygens (including phenoxy) is 6. The van der Waals surface area contributed by atoms with E-state index >= 15 is 0 Å². The number of carbonyl (C=O) groups excluding carboxylic acids is 1. The van der Waals surface area contributed by atoms with E-state index in [9.17, 15) is 30.3 Å². The average Bonchev–Trinajstić information content (AvgIpc) is 3.06. The molecule has 0 saturated carbocycles. The van der Waals surface area contributed by atoms with Crippen LogP contribution in [0.2, 0.25) is 0 Å². The summed E-state index contributed by atoms with van der Waals surface area (Å²) in [7, 11) is 3.49. The van der Waals surface area contributed by atoms with Crippen molar-refractivity contribution in [1.82, 2.24) is 4.90 Å². The van der Waals surface area contributed by atoms with Gasteiger partial charge >= 0.3 is 5.97 Å². The van der Waals surface area contributed by atoms with Crippen molar-refractivity contribution in [3.8, 4) is 0 Å². The molecule has 3 aliphatic rings. The summed E-state index contributed by atoms with van der Waals surface area (Å²) in [6.07, 6.45) is -7.58. The Morgan fingerprint density at radius 1 is 0.925 bits per heavy atom. The summed E-state index contributed by atoms with van der Waals surface area (Å²) in [5.41, 5.74) is -4.33. The second kappa shape index (κ2) is 18.5. The number of carbonyl (C=O) groups is 1. The lowest BCUT2D eigenvalue weighted by molar-refractivity contribution is -0.318. The molecule has 3 saturated heterocycles. The molecule has 13 nitrogen and oxygen atoms in total. The van der Waals surface area contributed by atoms with E-state index in [2.05, 4.69) is 18.7 Å². The molecule has 1 unspecified atom stereocenters. The number of esters is 1. The van der Waals surface area contributed by atoms with Crippen molar-refractivity contribution in [2.45, 2.75) is 199 Å². The van der Waals surface area contributed by atoms with Crippen LogP contribution in [0.1, 0.15) is 115 Å². The molecule has 0 aromatic heterocycles. The van der Waals surface area contributed by atoms with Gasteiger partial charge < -0.3 is 58.9 Å². The molecule has 18 atom stereocenters. The number of aliphatic hydroxyl groups excluding tert-OH is 3. The van der Waals surface area contributed by atoms with E-state index in [0.717, 1.165) is 6.54 Å². The highest BCUT2D eigenvalue weighted by Crippen LogP contribution is 2.41. The largest absolute Gasteiger partial charge is 0.459 e. The average molecular weight is 762 g/mol. The Balaban J connectivity index is 2.14. The van der Waals surface area contributed by atoms with Gasteiger partial charge in [0, 0.05) is 32.0 Å². The number of methoxy groups -OCH3 is 1. The van der Waals surface area contributed by atoms with Gasteiger partial charge in [0.2, 0.25) is 0 Å². The molecule has 3 aliphatic heterocycles. The normalized spacial score (nSPS) is 48.4. The van der Waals surface area contributed by atoms with Crippen molar-refractivity contribution in [3.05, 3.63) is 0 Å². The summed E-state index contributed by atoms with van der Waals surface area (Å²) in [5, 5.41) is 58.3. The van der Waals surface area contributed by atoms with Gasteiger partial charge in [0.25, 0.3) is 0 Å². The van der Waals surface area contributed by atoms with Gasteiger partial charge in [-0.3, -0.25) is 4.79 Å². The van der Waals surface area contributed by atoms with Crippen molar-refractivity contribution in [3.63, 3.8) is 0 Å². The highest BCUT2D eigenvalue weighted by atomic mass is 16.7. The first-order chi connectivity index (χ1) is 24.4. The van der Waals surface area contributed by atoms with Crippen molar-refractivity contribution in [1.29, 1.82) is 0 Å². The van der Waals surface area contributed by atoms with Crippen molar-refractivity contribution in [2.75, 3.05) is 20.7 Å². The maximum atomic E-state index is 14.2. The first kappa shape index (κ1) is 46.4. The zero-order valence-electron chi connectivity index (χ0n) is 35.0. The second-order valence-corrected chi connectivity index (χ2v) is 18.1. The summed E-state index contributed by atoms with van der Waals surface area (Å²) in [6, 6.07) is -0.263. The minimum Gasteiger partial charge on any atom is -0.459 e. The van der Waals surface area contributed by atoms with Crippen molar-refractivity contribution >= 4 is 5.97 Å². The van der Waals surface area contributed by atoms with Gasteiger partial charge in [-0.05, 0) is 92.0 Å². The van der Waals surface area contributed by atoms with E-state index in [-0.39, 0.29) is 37.3 Å². The zero-order valence-corrected chi connectivity index (χ0v) is 35.0. The van der Waals surface area contributed by atoms with Gasteiger partial charge in [0.05, 0.1) is 47.6 Å². The Labute approximate surface area is 319 Å². The molecule has 13 heteroatoms. The molecule has 312 valence electrons. The van der Waals surface area contributed by atoms with Gasteiger partial charge in [-0.1, -0.05) is 41.5 Å². The Kier molecular flexibility index (Phi) is 16.2. The number of rotatable bonds is 9. The Morgan fingerprint density at radius 2 is 1.55 bits per heavy atom. The molecular weight excluding hydrogens is 686 g/mol. The van der Waals surface area contributed by atoms with Crippen LogP contribution < -0.4 is 0 Å². The van der Waals surface area contributed by atoms with E-state index in [4.69, 9.17) is 28.4 Å². The molecule has 0 bridgehead atoms. The van der Waals surface area contributed by atoms with Crippen LogP contribution in [-0.2, 0) is 33.2 Å². The summed E-state index contributed by atoms with van der Waals surface area (Å²) >= 11 is 0. The van der Waals surface area contributed by atoms with Crippen LogP contribution >= 0.6 is 0 Å². The van der Waals surface area contributed by atoms with Crippen LogP contribution in [0.4, 0.5) is 0 Å². The minimum absolute atomic E-state index is 0.140. The number of nitrogens with zero attached hydrogens (tertiary/aromatic N) is 1. The Bertz CT molecular complexity index is 1150. The maximum absolute atomic E-state index is 14.2. The summed E-state index contributed by atoms with van der Waals surface area (Å²) in [5.74, 6) is -2.59. The predicted molar refractivity (Wildman–Crippen MR) is 200 cm³/mol. The molecule has 5 N–H and O–H groups in total. The third kappa shape index (κ3) is 10.9. The third-order valence-corrected chi connectivity index (χ3v) is 12.3. The maximum Gasteiger partial charge on any atom is 0.311 e. The van der Waals surface area contributed by atoms with Gasteiger partial charge in [-0.2, -0.15) is 0 Å². The molecule has 0 aromatic carbocycles. The lowest BCUT2D eigenvalue weighted by atomic mass is 9.74. The molecule has 3 fully saturated rings. The van der Waals surface area contributed by atoms with E-state index < -0.39 is 95.8 Å². The van der Waals surface area contributed by atoms with Crippen LogP contribution in [0.5, 0.6) is 0 Å². The number of cyclic esters (lactones) is 1. The van der Waals surface area contributed by atoms with Gasteiger partial charge in [0.1, 0.15) is 23.9 Å². The fraction of sp³-hybridized carbons (Fsp3) is 0.975. The molecule has 0 spiro atoms. The molecule has 0 aliphatic carbocycles. The monoisotopic (exact) mass is 762 g/mol. The molecule has 53 heavy (non-hydrogen) atoms. The van der Waals surface area contributed by atoms with E-state index in [1.54, 1.807) is 34.6 Å². The number of aliphatic hydroxyl groups is 5. The Hall–Kier alpha value is -0.970. The summed E-state index contributed by atoms with van der Waals surface area (Å²) in [6.45, 7) is 22.7. The van der Waals surface area contributed by atoms with Crippen molar-refractivity contribution < 1.29 is 58.7 Å². The molecule has 0 aromatic rings. The smallest absolute Gasteiger partial charge is 0.311 e. The summed E-state index contributed by atoms with van der Waals surface area (Å²) < 4.78 is 37.7. The predicted octanol–water partition coefficient (Wildman–Crippen LogP) is 3.63. The highest BCUT2D eigenvalue weighted by Gasteiger charge is 2.52. The van der Waals surface area contributed by atoms with Crippen LogP contribution in [0.3, 0.4) is 0 Å². The summed E-state index contributed by atoms with van der Waals surface area (Å²) in [4.78, 5) is 16.3. The molecule has 0 radical (unpaired) electrons. The van der Waals surface area contributed by atoms with Crippen LogP contribution in [0.25, 0.3) is 0 Å². The van der Waals surface area contributed by atoms with E-state index in [1.165, 1.54) is 14.0 Å². The van der Waals surface area contributed by atoms with Gasteiger partial charge in [-0.25, -0.2) is 0 Å². The number of hydrogen-bond acceptors (Lipinski definition) is 13. The molecular formula is C40H75NO12. The van der Waals surface area contributed by atoms with Crippen LogP contribution in [0.15, 0.2) is 0 Å². The zero-order chi connectivity index (χ0) is 40.4. The fourth-order valence-corrected chi connectivity index (χ4v) is 9.34. The van der Waals surface area contributed by atoms with Gasteiger partial charge in [0.15, 0.2) is 12.6 Å². The SMILES string of the molecule is CC[C@H]1OC(=O)[C@H](C)[C@@H](O[C@H]2C[C@@](C)(OC)[C@@H](O)[C@H](C)O2)[C@H](C)[C@@H](O[C@@H]2O[C@H](C)C[C@H](N(C)CC(C)C)[C@H]2O)C(C)(O)C[C@@H](C)C[C@H](C)[C@@H](O)[C@]1(C)O. The first-order valence-corrected chi connectivity index (χ1v) is 20.0. The lowest BCUT2D eigenvalue weighted by Gasteiger charge is -2.49. The standard InChI is InChI=1S/C40H75NO12/c1-15-29-40(12,47)33(43)23(5)16-22(4)18-38(10,46)35(53-37-31(42)28(17-24(6)49-37)41(13)20-21(2)3)25(7)32(26(8)36(45)51-29)52-30-19-39(11,48-14)34(44)27(9)50-30/h21-35,37,42-44,46-47H,15-20H2,1-14H3/t22-,23-,24+,25-,26+,27-,28-,29+,30-,31+,32-,33+,34-,35+,37-,38?,39+,40+/m0/s1. The first-order valence-electron chi connectivity index (χ1n) is 20.0. The third-order valence-electron chi connectivity index (χ3n) is 12.3. The van der Waals surface area contributed by atoms with Crippen LogP contribution in [0, 0.1) is 29.6 Å². The highest BCUT2D eigenvalue weighted by molar-refractivity contribution is 5.73. The molecule has 0 amide bonds. The van der Waals surface area contributed by atoms with Crippen molar-refractivity contribution in [2.24, 2.45) is 29.6 Å². The van der Waals surface area contributed by atoms with Crippen LogP contribution in [-0.4, -0.2) is 141 Å². The topological polar surface area (TPSA) is 177 Å². The Morgan fingerprint density at radius 3 is 2.11 bits per heavy atom. The second-order valence-electron chi connectivity index (χ2n) is 18.1. The number of hydrogen-bond donors (Lipinski definition) is 5. The minimum atomic E-state index is -1.76. The van der Waals surface area contributed by atoms with Gasteiger partial charge in [-0.15, -0.1) is 0 Å². The van der Waals surface area contributed by atoms with E-state index in [0.29, 0.717) is 18.8 Å². The molecule has 3 rings (SSSR count).